The molecule has 0 amide bonds. The van der Waals surface area contributed by atoms with Gasteiger partial charge in [0.05, 0.1) is 22.1 Å². The Labute approximate surface area is 320 Å². The molecule has 9 aromatic carbocycles. The molecule has 3 aromatic heterocycles. The van der Waals surface area contributed by atoms with Gasteiger partial charge in [-0.05, 0) is 74.5 Å². The maximum Gasteiger partial charge on any atom is 0.238 e. The molecule has 3 heterocycles. The fourth-order valence-electron chi connectivity index (χ4n) is 9.57. The van der Waals surface area contributed by atoms with Crippen LogP contribution in [0.5, 0.6) is 0 Å². The molecule has 5 nitrogen and oxygen atoms in total. The summed E-state index contributed by atoms with van der Waals surface area (Å²) in [5.41, 5.74) is 10.1. The van der Waals surface area contributed by atoms with Crippen LogP contribution in [0.15, 0.2) is 176 Å². The number of hydrogen-bond acceptors (Lipinski definition) is 3. The van der Waals surface area contributed by atoms with Crippen LogP contribution in [0.25, 0.3) is 121 Å². The van der Waals surface area contributed by atoms with Crippen LogP contribution in [-0.2, 0) is 0 Å². The van der Waals surface area contributed by atoms with Gasteiger partial charge in [0.2, 0.25) is 5.95 Å². The molecular formula is C51H29N5. The number of para-hydroxylation sites is 1. The van der Waals surface area contributed by atoms with Gasteiger partial charge in [-0.25, -0.2) is 4.98 Å². The Bertz CT molecular complexity index is 3640. The number of hydrogen-bond donors (Lipinski definition) is 0. The van der Waals surface area contributed by atoms with Gasteiger partial charge in [0.25, 0.3) is 0 Å². The summed E-state index contributed by atoms with van der Waals surface area (Å²) in [6, 6.07) is 62.9. The molecule has 0 bridgehead atoms. The molecule has 5 heteroatoms. The van der Waals surface area contributed by atoms with Crippen molar-refractivity contribution in [2.75, 3.05) is 0 Å². The third kappa shape index (κ3) is 3.90. The molecule has 0 aliphatic heterocycles. The van der Waals surface area contributed by atoms with Crippen molar-refractivity contribution in [2.45, 2.75) is 0 Å². The molecule has 0 saturated carbocycles. The smallest absolute Gasteiger partial charge is 0.238 e. The molecular weight excluding hydrogens is 683 g/mol. The van der Waals surface area contributed by atoms with Crippen molar-refractivity contribution >= 4 is 75.9 Å². The zero-order valence-electron chi connectivity index (χ0n) is 30.0. The van der Waals surface area contributed by atoms with Crippen LogP contribution in [0.3, 0.4) is 0 Å². The summed E-state index contributed by atoms with van der Waals surface area (Å²) in [6.07, 6.45) is 0. The second-order valence-electron chi connectivity index (χ2n) is 14.8. The average molecular weight is 712 g/mol. The van der Waals surface area contributed by atoms with Crippen molar-refractivity contribution in [1.29, 1.82) is 0 Å². The Morgan fingerprint density at radius 3 is 1.64 bits per heavy atom. The first-order chi connectivity index (χ1) is 27.8. The molecule has 56 heavy (non-hydrogen) atoms. The van der Waals surface area contributed by atoms with Gasteiger partial charge in [0.15, 0.2) is 11.6 Å². The highest BCUT2D eigenvalue weighted by molar-refractivity contribution is 6.38. The Morgan fingerprint density at radius 1 is 0.304 bits per heavy atom. The lowest BCUT2D eigenvalue weighted by molar-refractivity contribution is 0.954. The lowest BCUT2D eigenvalue weighted by atomic mass is 9.98. The molecule has 0 saturated heterocycles. The quantitative estimate of drug-likeness (QED) is 0.171. The largest absolute Gasteiger partial charge is 0.309 e. The second kappa shape index (κ2) is 11.0. The second-order valence-corrected chi connectivity index (χ2v) is 14.8. The van der Waals surface area contributed by atoms with Gasteiger partial charge in [0.1, 0.15) is 0 Å². The first kappa shape index (κ1) is 29.8. The maximum atomic E-state index is 5.41. The van der Waals surface area contributed by atoms with E-state index in [2.05, 4.69) is 167 Å². The molecule has 0 N–H and O–H groups in total. The van der Waals surface area contributed by atoms with Crippen LogP contribution in [0.1, 0.15) is 0 Å². The summed E-state index contributed by atoms with van der Waals surface area (Å²) in [5, 5.41) is 12.2. The maximum absolute atomic E-state index is 5.41. The molecule has 0 radical (unpaired) electrons. The standard InChI is InChI=1S/C51H29N5/c1-3-13-32(14-4-1)49-52-50(39-21-9-18-35-34-17-8-7-12-30(34)24-27-36(35)39)54-51(53-49)56-41-23-11-20-38-37-19-10-22-40-45(37)47-42(55(40)33-15-5-2-6-16-33)28-25-31-26-29-43(56)48(44(31)47)46(38)41/h1-29H. The first-order valence-electron chi connectivity index (χ1n) is 19.0. The minimum absolute atomic E-state index is 0.594. The van der Waals surface area contributed by atoms with E-state index in [1.54, 1.807) is 0 Å². The van der Waals surface area contributed by atoms with Crippen LogP contribution in [-0.4, -0.2) is 24.1 Å². The number of fused-ring (bicyclic) bond motifs is 4. The van der Waals surface area contributed by atoms with Gasteiger partial charge in [-0.3, -0.25) is 4.57 Å². The molecule has 1 aliphatic carbocycles. The van der Waals surface area contributed by atoms with Crippen LogP contribution in [0, 0.1) is 0 Å². The summed E-state index contributed by atoms with van der Waals surface area (Å²) in [7, 11) is 0. The lowest BCUT2D eigenvalue weighted by Gasteiger charge is -2.13. The highest BCUT2D eigenvalue weighted by Gasteiger charge is 2.28. The van der Waals surface area contributed by atoms with Gasteiger partial charge in [-0.1, -0.05) is 140 Å². The van der Waals surface area contributed by atoms with Crippen LogP contribution in [0.4, 0.5) is 0 Å². The van der Waals surface area contributed by atoms with Gasteiger partial charge < -0.3 is 4.57 Å². The summed E-state index contributed by atoms with van der Waals surface area (Å²) in [6.45, 7) is 0. The Hall–Kier alpha value is -7.63. The minimum atomic E-state index is 0.594. The topological polar surface area (TPSA) is 48.5 Å². The third-order valence-electron chi connectivity index (χ3n) is 11.9. The molecule has 258 valence electrons. The number of rotatable bonds is 4. The Morgan fingerprint density at radius 2 is 0.875 bits per heavy atom. The highest BCUT2D eigenvalue weighted by atomic mass is 15.2. The van der Waals surface area contributed by atoms with Gasteiger partial charge >= 0.3 is 0 Å². The van der Waals surface area contributed by atoms with Gasteiger partial charge in [-0.15, -0.1) is 0 Å². The van der Waals surface area contributed by atoms with E-state index >= 15 is 0 Å². The van der Waals surface area contributed by atoms with Crippen LogP contribution in [0.2, 0.25) is 0 Å². The molecule has 0 fully saturated rings. The van der Waals surface area contributed by atoms with E-state index in [1.165, 1.54) is 70.6 Å². The molecule has 0 unspecified atom stereocenters. The van der Waals surface area contributed by atoms with Crippen molar-refractivity contribution in [3.63, 3.8) is 0 Å². The SMILES string of the molecule is c1ccc(-c2nc(-c3cccc4c3ccc3ccccc34)nc(-n3c4cccc5c4c4c6c(ccc7c6c6c-5cccc6n7-c5ccccc5)ccc43)n2)cc1. The summed E-state index contributed by atoms with van der Waals surface area (Å²) >= 11 is 0. The molecule has 0 spiro atoms. The van der Waals surface area contributed by atoms with E-state index in [4.69, 9.17) is 15.0 Å². The predicted octanol–water partition coefficient (Wildman–Crippen LogP) is 12.8. The fourth-order valence-corrected chi connectivity index (χ4v) is 9.57. The van der Waals surface area contributed by atoms with Crippen LogP contribution >= 0.6 is 0 Å². The third-order valence-corrected chi connectivity index (χ3v) is 11.9. The fraction of sp³-hybridized carbons (Fsp3) is 0. The predicted molar refractivity (Wildman–Crippen MR) is 231 cm³/mol. The van der Waals surface area contributed by atoms with Crippen molar-refractivity contribution in [3.8, 4) is 45.5 Å². The van der Waals surface area contributed by atoms with E-state index in [1.807, 2.05) is 18.2 Å². The summed E-state index contributed by atoms with van der Waals surface area (Å²) in [4.78, 5) is 15.9. The average Bonchev–Trinajstić information content (AvgIpc) is 3.75. The number of benzene rings is 9. The monoisotopic (exact) mass is 711 g/mol. The summed E-state index contributed by atoms with van der Waals surface area (Å²) < 4.78 is 4.69. The summed E-state index contributed by atoms with van der Waals surface area (Å²) in [5.74, 6) is 1.87. The van der Waals surface area contributed by atoms with Crippen molar-refractivity contribution < 1.29 is 0 Å². The van der Waals surface area contributed by atoms with Crippen molar-refractivity contribution in [1.82, 2.24) is 24.1 Å². The van der Waals surface area contributed by atoms with Crippen molar-refractivity contribution in [3.05, 3.63) is 176 Å². The van der Waals surface area contributed by atoms with Gasteiger partial charge in [0, 0.05) is 43.7 Å². The van der Waals surface area contributed by atoms with E-state index in [9.17, 15) is 0 Å². The molecule has 1 aliphatic rings. The lowest BCUT2D eigenvalue weighted by Crippen LogP contribution is -2.06. The van der Waals surface area contributed by atoms with Crippen LogP contribution < -0.4 is 0 Å². The first-order valence-corrected chi connectivity index (χ1v) is 19.0. The number of aromatic nitrogens is 5. The highest BCUT2D eigenvalue weighted by Crippen LogP contribution is 2.51. The minimum Gasteiger partial charge on any atom is -0.309 e. The molecule has 0 atom stereocenters. The van der Waals surface area contributed by atoms with E-state index < -0.39 is 0 Å². The molecule has 13 rings (SSSR count). The zero-order valence-corrected chi connectivity index (χ0v) is 30.0. The normalized spacial score (nSPS) is 12.3. The van der Waals surface area contributed by atoms with E-state index in [-0.39, 0.29) is 0 Å². The zero-order chi connectivity index (χ0) is 36.5. The Kier molecular flexibility index (Phi) is 5.83. The molecule has 12 aromatic rings. The van der Waals surface area contributed by atoms with Crippen molar-refractivity contribution in [2.24, 2.45) is 0 Å². The van der Waals surface area contributed by atoms with E-state index in [0.717, 1.165) is 33.2 Å². The Balaban J connectivity index is 1.17. The van der Waals surface area contributed by atoms with Gasteiger partial charge in [-0.2, -0.15) is 9.97 Å². The number of nitrogens with zero attached hydrogens (tertiary/aromatic N) is 5. The van der Waals surface area contributed by atoms with E-state index in [0.29, 0.717) is 17.6 Å².